The van der Waals surface area contributed by atoms with E-state index in [0.29, 0.717) is 36.4 Å². The van der Waals surface area contributed by atoms with Crippen LogP contribution in [0.3, 0.4) is 0 Å². The molecule has 33 heavy (non-hydrogen) atoms. The van der Waals surface area contributed by atoms with E-state index in [0.717, 1.165) is 28.2 Å². The van der Waals surface area contributed by atoms with Crippen LogP contribution >= 0.6 is 11.3 Å². The number of aromatic nitrogens is 2. The van der Waals surface area contributed by atoms with Crippen LogP contribution in [0.2, 0.25) is 0 Å². The van der Waals surface area contributed by atoms with Gasteiger partial charge in [-0.25, -0.2) is 4.79 Å². The van der Waals surface area contributed by atoms with Crippen LogP contribution in [0.25, 0.3) is 6.08 Å². The minimum Gasteiger partial charge on any atom is -0.472 e. The highest BCUT2D eigenvalue weighted by Crippen LogP contribution is 2.38. The van der Waals surface area contributed by atoms with E-state index in [1.807, 2.05) is 17.7 Å². The number of amides is 2. The van der Waals surface area contributed by atoms with Crippen molar-refractivity contribution < 1.29 is 18.7 Å². The van der Waals surface area contributed by atoms with Crippen LogP contribution in [-0.4, -0.2) is 27.9 Å². The van der Waals surface area contributed by atoms with Crippen LogP contribution in [0.1, 0.15) is 40.6 Å². The summed E-state index contributed by atoms with van der Waals surface area (Å²) in [5, 5.41) is 19.9. The van der Waals surface area contributed by atoms with Crippen LogP contribution in [0.4, 0.5) is 9.80 Å². The Labute approximate surface area is 194 Å². The SMILES string of the molecule is CCn1nccc1CNC(=O)OC1CCc2c(sc(NC(=O)/C=C/c3ccoc3)c2C#N)C1. The van der Waals surface area contributed by atoms with Gasteiger partial charge in [0.2, 0.25) is 5.91 Å². The van der Waals surface area contributed by atoms with Crippen molar-refractivity contribution in [3.8, 4) is 6.07 Å². The van der Waals surface area contributed by atoms with Crippen LogP contribution < -0.4 is 10.6 Å². The van der Waals surface area contributed by atoms with E-state index < -0.39 is 6.09 Å². The zero-order chi connectivity index (χ0) is 23.2. The number of carbonyl (C=O) groups is 2. The van der Waals surface area contributed by atoms with Gasteiger partial charge in [0.25, 0.3) is 0 Å². The highest BCUT2D eigenvalue weighted by atomic mass is 32.1. The molecule has 0 saturated carbocycles. The smallest absolute Gasteiger partial charge is 0.407 e. The number of fused-ring (bicyclic) bond motifs is 1. The second-order valence-electron chi connectivity index (χ2n) is 7.46. The number of carbonyl (C=O) groups excluding carboxylic acids is 2. The molecule has 1 atom stereocenters. The maximum Gasteiger partial charge on any atom is 0.407 e. The molecular weight excluding hydrogens is 442 g/mol. The van der Waals surface area contributed by atoms with Gasteiger partial charge in [-0.1, -0.05) is 0 Å². The molecule has 0 spiro atoms. The lowest BCUT2D eigenvalue weighted by atomic mass is 9.94. The lowest BCUT2D eigenvalue weighted by Gasteiger charge is -2.22. The second kappa shape index (κ2) is 10.2. The Morgan fingerprint density at radius 3 is 3.09 bits per heavy atom. The minimum atomic E-state index is -0.484. The summed E-state index contributed by atoms with van der Waals surface area (Å²) in [5.74, 6) is -0.329. The number of nitriles is 1. The third-order valence-electron chi connectivity index (χ3n) is 5.33. The number of anilines is 1. The first kappa shape index (κ1) is 22.4. The molecule has 1 aliphatic carbocycles. The highest BCUT2D eigenvalue weighted by Gasteiger charge is 2.28. The predicted molar refractivity (Wildman–Crippen MR) is 122 cm³/mol. The number of ether oxygens (including phenoxy) is 1. The summed E-state index contributed by atoms with van der Waals surface area (Å²) in [6.07, 6.45) is 8.74. The molecule has 2 N–H and O–H groups in total. The maximum atomic E-state index is 12.3. The Balaban J connectivity index is 1.35. The fourth-order valence-electron chi connectivity index (χ4n) is 3.71. The number of alkyl carbamates (subject to hydrolysis) is 1. The molecule has 3 heterocycles. The number of thiophene rings is 1. The Kier molecular flexibility index (Phi) is 6.90. The number of nitrogens with zero attached hydrogens (tertiary/aromatic N) is 3. The van der Waals surface area contributed by atoms with Crippen molar-refractivity contribution in [3.05, 3.63) is 64.2 Å². The van der Waals surface area contributed by atoms with Gasteiger partial charge in [0.1, 0.15) is 17.2 Å². The number of hydrogen-bond donors (Lipinski definition) is 2. The fraction of sp³-hybridized carbons (Fsp3) is 0.304. The zero-order valence-corrected chi connectivity index (χ0v) is 18.9. The van der Waals surface area contributed by atoms with E-state index in [2.05, 4.69) is 21.8 Å². The van der Waals surface area contributed by atoms with Crippen LogP contribution in [0.5, 0.6) is 0 Å². The molecule has 3 aromatic heterocycles. The quantitative estimate of drug-likeness (QED) is 0.511. The summed E-state index contributed by atoms with van der Waals surface area (Å²) < 4.78 is 12.4. The first-order chi connectivity index (χ1) is 16.1. The number of nitrogens with one attached hydrogen (secondary N) is 2. The summed E-state index contributed by atoms with van der Waals surface area (Å²) in [7, 11) is 0. The normalized spacial score (nSPS) is 15.1. The molecule has 0 aromatic carbocycles. The van der Waals surface area contributed by atoms with Gasteiger partial charge in [-0.3, -0.25) is 9.48 Å². The van der Waals surface area contributed by atoms with Gasteiger partial charge in [-0.2, -0.15) is 10.4 Å². The second-order valence-corrected chi connectivity index (χ2v) is 8.57. The first-order valence-corrected chi connectivity index (χ1v) is 11.4. The van der Waals surface area contributed by atoms with Crippen molar-refractivity contribution in [1.82, 2.24) is 15.1 Å². The van der Waals surface area contributed by atoms with E-state index >= 15 is 0 Å². The molecule has 10 heteroatoms. The number of hydrogen-bond acceptors (Lipinski definition) is 7. The van der Waals surface area contributed by atoms with E-state index in [1.165, 1.54) is 29.9 Å². The van der Waals surface area contributed by atoms with Crippen LogP contribution in [0.15, 0.2) is 41.3 Å². The number of rotatable bonds is 7. The van der Waals surface area contributed by atoms with Gasteiger partial charge in [-0.05, 0) is 43.5 Å². The van der Waals surface area contributed by atoms with Crippen molar-refractivity contribution >= 4 is 34.4 Å². The Bertz CT molecular complexity index is 1200. The summed E-state index contributed by atoms with van der Waals surface area (Å²) >= 11 is 1.36. The molecule has 2 amide bonds. The monoisotopic (exact) mass is 465 g/mol. The van der Waals surface area contributed by atoms with Gasteiger partial charge < -0.3 is 19.8 Å². The van der Waals surface area contributed by atoms with Gasteiger partial charge in [0, 0.05) is 35.7 Å². The fourth-order valence-corrected chi connectivity index (χ4v) is 4.97. The first-order valence-electron chi connectivity index (χ1n) is 10.6. The average molecular weight is 466 g/mol. The summed E-state index contributed by atoms with van der Waals surface area (Å²) in [4.78, 5) is 25.5. The Morgan fingerprint density at radius 1 is 1.45 bits per heavy atom. The van der Waals surface area contributed by atoms with Gasteiger partial charge in [0.15, 0.2) is 0 Å². The number of furan rings is 1. The Hall–Kier alpha value is -3.84. The average Bonchev–Trinajstić information content (AvgIpc) is 3.55. The molecular formula is C23H23N5O4S. The van der Waals surface area contributed by atoms with Gasteiger partial charge in [-0.15, -0.1) is 11.3 Å². The highest BCUT2D eigenvalue weighted by molar-refractivity contribution is 7.16. The number of aryl methyl sites for hydroxylation is 1. The minimum absolute atomic E-state index is 0.289. The van der Waals surface area contributed by atoms with E-state index in [4.69, 9.17) is 9.15 Å². The van der Waals surface area contributed by atoms with Crippen LogP contribution in [-0.2, 0) is 35.5 Å². The predicted octanol–water partition coefficient (Wildman–Crippen LogP) is 3.86. The van der Waals surface area contributed by atoms with Gasteiger partial charge in [0.05, 0.1) is 30.3 Å². The van der Waals surface area contributed by atoms with Crippen molar-refractivity contribution in [2.45, 2.75) is 45.4 Å². The third kappa shape index (κ3) is 5.32. The molecule has 0 bridgehead atoms. The van der Waals surface area contributed by atoms with Gasteiger partial charge >= 0.3 is 6.09 Å². The zero-order valence-electron chi connectivity index (χ0n) is 18.0. The summed E-state index contributed by atoms with van der Waals surface area (Å²) in [6, 6.07) is 5.80. The molecule has 1 unspecified atom stereocenters. The van der Waals surface area contributed by atoms with Crippen molar-refractivity contribution in [2.24, 2.45) is 0 Å². The van der Waals surface area contributed by atoms with Crippen molar-refractivity contribution in [3.63, 3.8) is 0 Å². The van der Waals surface area contributed by atoms with E-state index in [1.54, 1.807) is 18.3 Å². The van der Waals surface area contributed by atoms with Crippen molar-refractivity contribution in [2.75, 3.05) is 5.32 Å². The van der Waals surface area contributed by atoms with E-state index in [9.17, 15) is 14.9 Å². The molecule has 3 aromatic rings. The standard InChI is InChI=1S/C23H23N5O4S/c1-2-28-16(7-9-26-28)13-25-23(30)32-17-4-5-18-19(12-24)22(33-20(18)11-17)27-21(29)6-3-15-8-10-31-14-15/h3,6-10,14,17H,2,4-5,11,13H2,1H3,(H,25,30)(H,27,29)/b6-3+. The molecule has 0 fully saturated rings. The summed E-state index contributed by atoms with van der Waals surface area (Å²) in [6.45, 7) is 3.05. The molecule has 1 aliphatic rings. The van der Waals surface area contributed by atoms with Crippen molar-refractivity contribution in [1.29, 1.82) is 5.26 Å². The maximum absolute atomic E-state index is 12.3. The van der Waals surface area contributed by atoms with Crippen LogP contribution in [0, 0.1) is 11.3 Å². The molecule has 0 aliphatic heterocycles. The largest absolute Gasteiger partial charge is 0.472 e. The Morgan fingerprint density at radius 2 is 2.33 bits per heavy atom. The third-order valence-corrected chi connectivity index (χ3v) is 6.50. The molecule has 9 nitrogen and oxygen atoms in total. The molecule has 4 rings (SSSR count). The summed E-state index contributed by atoms with van der Waals surface area (Å²) in [5.41, 5.74) is 3.08. The topological polar surface area (TPSA) is 122 Å². The lowest BCUT2D eigenvalue weighted by molar-refractivity contribution is -0.111. The van der Waals surface area contributed by atoms with E-state index in [-0.39, 0.29) is 12.0 Å². The molecule has 170 valence electrons. The lowest BCUT2D eigenvalue weighted by Crippen LogP contribution is -2.32. The molecule has 0 radical (unpaired) electrons. The molecule has 0 saturated heterocycles.